The van der Waals surface area contributed by atoms with Crippen LogP contribution in [-0.2, 0) is 0 Å². The van der Waals surface area contributed by atoms with Gasteiger partial charge in [-0.25, -0.2) is 15.0 Å². The van der Waals surface area contributed by atoms with E-state index < -0.39 is 0 Å². The average molecular weight is 774 g/mol. The Balaban J connectivity index is 1.13. The highest BCUT2D eigenvalue weighted by molar-refractivity contribution is 6.03. The topological polar surface area (TPSA) is 46.3 Å². The molecule has 0 unspecified atom stereocenters. The van der Waals surface area contributed by atoms with Gasteiger partial charge in [-0.15, -0.1) is 0 Å². The maximum atomic E-state index is 5.65. The van der Waals surface area contributed by atoms with Crippen LogP contribution >= 0.6 is 0 Å². The Kier molecular flexibility index (Phi) is 9.34. The molecule has 3 aromatic heterocycles. The van der Waals surface area contributed by atoms with Gasteiger partial charge in [-0.1, -0.05) is 150 Å². The summed E-state index contributed by atoms with van der Waals surface area (Å²) in [7, 11) is 0. The summed E-state index contributed by atoms with van der Waals surface area (Å²) in [5, 5.41) is 0. The molecule has 0 radical (unpaired) electrons. The number of pyridine rings is 1. The molecule has 0 atom stereocenters. The van der Waals surface area contributed by atoms with E-state index in [0.29, 0.717) is 0 Å². The Labute approximate surface area is 351 Å². The quantitative estimate of drug-likeness (QED) is 0.154. The Morgan fingerprint density at radius 2 is 0.833 bits per heavy atom. The van der Waals surface area contributed by atoms with Crippen LogP contribution < -0.4 is 4.90 Å². The van der Waals surface area contributed by atoms with Gasteiger partial charge in [0, 0.05) is 57.3 Å². The van der Waals surface area contributed by atoms with Crippen molar-refractivity contribution in [2.75, 3.05) is 4.90 Å². The van der Waals surface area contributed by atoms with Gasteiger partial charge in [-0.3, -0.25) is 0 Å². The van der Waals surface area contributed by atoms with Crippen molar-refractivity contribution in [2.45, 2.75) is 27.7 Å². The van der Waals surface area contributed by atoms with E-state index in [4.69, 9.17) is 15.0 Å². The van der Waals surface area contributed by atoms with Crippen LogP contribution in [0.3, 0.4) is 0 Å². The number of hydrogen-bond acceptors (Lipinski definition) is 4. The summed E-state index contributed by atoms with van der Waals surface area (Å²) in [4.78, 5) is 18.4. The average Bonchev–Trinajstić information content (AvgIpc) is 3.71. The zero-order valence-electron chi connectivity index (χ0n) is 34.1. The van der Waals surface area contributed by atoms with Crippen molar-refractivity contribution < 1.29 is 0 Å². The van der Waals surface area contributed by atoms with Gasteiger partial charge in [0.2, 0.25) is 0 Å². The van der Waals surface area contributed by atoms with Crippen LogP contribution in [0.15, 0.2) is 188 Å². The Morgan fingerprint density at radius 1 is 0.383 bits per heavy atom. The van der Waals surface area contributed by atoms with E-state index in [9.17, 15) is 0 Å². The Hall–Kier alpha value is -7.63. The van der Waals surface area contributed by atoms with Gasteiger partial charge in [0.1, 0.15) is 5.65 Å². The fourth-order valence-corrected chi connectivity index (χ4v) is 8.51. The largest absolute Gasteiger partial charge is 0.311 e. The van der Waals surface area contributed by atoms with Crippen LogP contribution in [0, 0.1) is 27.7 Å². The van der Waals surface area contributed by atoms with Crippen LogP contribution in [0.2, 0.25) is 0 Å². The molecule has 10 aromatic rings. The standard InChI is InChI=1S/C55H43N5/c1-36-29-37(2)32-43(31-36)48-26-27-49(44-33-38(3)30-39(4)34-44)55-54(48)57-52(41-13-7-5-8-14-41)53(58-55)42-20-24-47(25-21-42)60(45-15-9-6-10-16-45)46-22-18-40(19-23-46)50-35-59-28-12-11-17-51(59)56-50/h5-35H,1-4H3. The summed E-state index contributed by atoms with van der Waals surface area (Å²) in [6.07, 6.45) is 4.10. The third-order valence-corrected chi connectivity index (χ3v) is 11.1. The molecule has 3 heterocycles. The van der Waals surface area contributed by atoms with Gasteiger partial charge >= 0.3 is 0 Å². The maximum Gasteiger partial charge on any atom is 0.137 e. The van der Waals surface area contributed by atoms with Crippen molar-refractivity contribution in [3.63, 3.8) is 0 Å². The fraction of sp³-hybridized carbons (Fsp3) is 0.0727. The van der Waals surface area contributed by atoms with Gasteiger partial charge in [-0.05, 0) is 87.4 Å². The number of imidazole rings is 1. The molecule has 0 bridgehead atoms. The first-order valence-corrected chi connectivity index (χ1v) is 20.4. The van der Waals surface area contributed by atoms with E-state index in [1.54, 1.807) is 0 Å². The molecule has 0 spiro atoms. The van der Waals surface area contributed by atoms with E-state index in [2.05, 4.69) is 195 Å². The molecule has 288 valence electrons. The van der Waals surface area contributed by atoms with Gasteiger partial charge in [0.15, 0.2) is 0 Å². The van der Waals surface area contributed by atoms with Gasteiger partial charge < -0.3 is 9.30 Å². The lowest BCUT2D eigenvalue weighted by molar-refractivity contribution is 1.19. The third kappa shape index (κ3) is 7.01. The summed E-state index contributed by atoms with van der Waals surface area (Å²) in [5.41, 5.74) is 20.8. The number of anilines is 3. The minimum Gasteiger partial charge on any atom is -0.311 e. The molecule has 0 aliphatic rings. The molecule has 10 rings (SSSR count). The van der Waals surface area contributed by atoms with Crippen molar-refractivity contribution in [2.24, 2.45) is 0 Å². The maximum absolute atomic E-state index is 5.65. The molecule has 0 N–H and O–H groups in total. The van der Waals surface area contributed by atoms with Crippen molar-refractivity contribution in [3.8, 4) is 56.0 Å². The number of rotatable bonds is 8. The molecular weight excluding hydrogens is 731 g/mol. The molecule has 7 aromatic carbocycles. The van der Waals surface area contributed by atoms with E-state index >= 15 is 0 Å². The lowest BCUT2D eigenvalue weighted by Gasteiger charge is -2.26. The molecule has 0 saturated carbocycles. The first-order chi connectivity index (χ1) is 29.3. The zero-order valence-corrected chi connectivity index (χ0v) is 34.1. The lowest BCUT2D eigenvalue weighted by atomic mass is 9.93. The molecule has 60 heavy (non-hydrogen) atoms. The molecule has 0 aliphatic carbocycles. The van der Waals surface area contributed by atoms with Crippen molar-refractivity contribution >= 4 is 33.7 Å². The number of para-hydroxylation sites is 1. The number of nitrogens with zero attached hydrogens (tertiary/aromatic N) is 5. The fourth-order valence-electron chi connectivity index (χ4n) is 8.51. The minimum absolute atomic E-state index is 0.839. The zero-order chi connectivity index (χ0) is 40.7. The van der Waals surface area contributed by atoms with Crippen LogP contribution in [0.5, 0.6) is 0 Å². The third-order valence-electron chi connectivity index (χ3n) is 11.1. The summed E-state index contributed by atoms with van der Waals surface area (Å²) in [5.74, 6) is 0. The monoisotopic (exact) mass is 773 g/mol. The van der Waals surface area contributed by atoms with E-state index in [1.807, 2.05) is 30.5 Å². The molecule has 0 fully saturated rings. The smallest absolute Gasteiger partial charge is 0.137 e. The Bertz CT molecular complexity index is 3090. The molecule has 5 nitrogen and oxygen atoms in total. The summed E-state index contributed by atoms with van der Waals surface area (Å²) < 4.78 is 2.05. The first kappa shape index (κ1) is 36.7. The number of fused-ring (bicyclic) bond motifs is 2. The highest BCUT2D eigenvalue weighted by Gasteiger charge is 2.21. The van der Waals surface area contributed by atoms with Crippen molar-refractivity contribution in [1.29, 1.82) is 0 Å². The van der Waals surface area contributed by atoms with Crippen LogP contribution in [0.25, 0.3) is 72.7 Å². The molecule has 0 saturated heterocycles. The summed E-state index contributed by atoms with van der Waals surface area (Å²) in [6, 6.07) is 62.3. The number of aromatic nitrogens is 4. The SMILES string of the molecule is Cc1cc(C)cc(-c2ccc(-c3cc(C)cc(C)c3)c3nc(-c4ccc(N(c5ccccc5)c5ccc(-c6cn7ccccc7n6)cc5)cc4)c(-c4ccccc4)nc23)c1. The first-order valence-electron chi connectivity index (χ1n) is 20.4. The van der Waals surface area contributed by atoms with Crippen molar-refractivity contribution in [1.82, 2.24) is 19.4 Å². The minimum atomic E-state index is 0.839. The molecule has 0 amide bonds. The lowest BCUT2D eigenvalue weighted by Crippen LogP contribution is -2.09. The second-order valence-electron chi connectivity index (χ2n) is 15.8. The molecule has 0 aliphatic heterocycles. The highest BCUT2D eigenvalue weighted by atomic mass is 15.1. The number of aryl methyl sites for hydroxylation is 4. The van der Waals surface area contributed by atoms with Gasteiger partial charge in [0.25, 0.3) is 0 Å². The molecule has 5 heteroatoms. The normalized spacial score (nSPS) is 11.3. The van der Waals surface area contributed by atoms with Crippen LogP contribution in [0.1, 0.15) is 22.3 Å². The predicted molar refractivity (Wildman–Crippen MR) is 249 cm³/mol. The van der Waals surface area contributed by atoms with E-state index in [-0.39, 0.29) is 0 Å². The summed E-state index contributed by atoms with van der Waals surface area (Å²) in [6.45, 7) is 8.62. The van der Waals surface area contributed by atoms with Crippen molar-refractivity contribution in [3.05, 3.63) is 211 Å². The van der Waals surface area contributed by atoms with Gasteiger partial charge in [-0.2, -0.15) is 0 Å². The highest BCUT2D eigenvalue weighted by Crippen LogP contribution is 2.41. The number of benzene rings is 7. The van der Waals surface area contributed by atoms with E-state index in [0.717, 1.165) is 89.8 Å². The van der Waals surface area contributed by atoms with Crippen LogP contribution in [-0.4, -0.2) is 19.4 Å². The van der Waals surface area contributed by atoms with Crippen LogP contribution in [0.4, 0.5) is 17.1 Å². The predicted octanol–water partition coefficient (Wildman–Crippen LogP) is 14.3. The number of hydrogen-bond donors (Lipinski definition) is 0. The Morgan fingerprint density at radius 3 is 1.35 bits per heavy atom. The van der Waals surface area contributed by atoms with E-state index in [1.165, 1.54) is 22.3 Å². The second kappa shape index (κ2) is 15.3. The second-order valence-corrected chi connectivity index (χ2v) is 15.8. The van der Waals surface area contributed by atoms with Gasteiger partial charge in [0.05, 0.1) is 28.1 Å². The molecular formula is C55H43N5. The summed E-state index contributed by atoms with van der Waals surface area (Å²) >= 11 is 0.